The van der Waals surface area contributed by atoms with E-state index >= 15 is 0 Å². The lowest BCUT2D eigenvalue weighted by Gasteiger charge is -2.19. The first kappa shape index (κ1) is 15.2. The van der Waals surface area contributed by atoms with Gasteiger partial charge < -0.3 is 15.7 Å². The van der Waals surface area contributed by atoms with Gasteiger partial charge in [-0.15, -0.1) is 0 Å². The molecule has 0 saturated carbocycles. The molecule has 0 fully saturated rings. The number of hydrogen-bond donors (Lipinski definition) is 2. The minimum absolute atomic E-state index is 0.0915. The summed E-state index contributed by atoms with van der Waals surface area (Å²) in [7, 11) is 1.57. The highest BCUT2D eigenvalue weighted by Gasteiger charge is 2.13. The number of carbonyl (C=O) groups excluding carboxylic acids is 1. The molecule has 0 heterocycles. The van der Waals surface area contributed by atoms with Crippen LogP contribution >= 0.6 is 0 Å². The van der Waals surface area contributed by atoms with Crippen LogP contribution in [0.1, 0.15) is 5.56 Å². The van der Waals surface area contributed by atoms with Gasteiger partial charge in [-0.25, -0.2) is 4.79 Å². The quantitative estimate of drug-likeness (QED) is 0.446. The topological polar surface area (TPSA) is 127 Å². The number of non-ortho nitro benzene ring substituents is 1. The van der Waals surface area contributed by atoms with Crippen molar-refractivity contribution in [2.24, 2.45) is 5.73 Å². The fourth-order valence-electron chi connectivity index (χ4n) is 1.62. The van der Waals surface area contributed by atoms with Crippen molar-refractivity contribution in [3.8, 4) is 0 Å². The summed E-state index contributed by atoms with van der Waals surface area (Å²) in [6.45, 7) is -0.0915. The third-order valence-corrected chi connectivity index (χ3v) is 2.43. The maximum Gasteiger partial charge on any atom is 0.328 e. The molecule has 0 spiro atoms. The number of nitrogens with two attached hydrogens (primary N) is 1. The highest BCUT2D eigenvalue weighted by atomic mass is 16.6. The number of nitro groups is 1. The van der Waals surface area contributed by atoms with E-state index < -0.39 is 16.8 Å². The zero-order chi connectivity index (χ0) is 15.3. The highest BCUT2D eigenvalue weighted by Crippen LogP contribution is 2.25. The predicted molar refractivity (Wildman–Crippen MR) is 72.2 cm³/mol. The third kappa shape index (κ3) is 4.09. The Balaban J connectivity index is 3.24. The molecule has 8 heteroatoms. The first-order valence-electron chi connectivity index (χ1n) is 5.50. The Morgan fingerprint density at radius 1 is 1.50 bits per heavy atom. The molecular weight excluding hydrogens is 266 g/mol. The maximum atomic E-state index is 10.9. The summed E-state index contributed by atoms with van der Waals surface area (Å²) >= 11 is 0. The molecule has 0 aliphatic carbocycles. The zero-order valence-electron chi connectivity index (χ0n) is 10.6. The third-order valence-electron chi connectivity index (χ3n) is 2.43. The molecule has 20 heavy (non-hydrogen) atoms. The van der Waals surface area contributed by atoms with Gasteiger partial charge >= 0.3 is 5.97 Å². The zero-order valence-corrected chi connectivity index (χ0v) is 10.6. The van der Waals surface area contributed by atoms with Crippen LogP contribution in [0.2, 0.25) is 0 Å². The number of benzene rings is 1. The van der Waals surface area contributed by atoms with Gasteiger partial charge in [0, 0.05) is 36.5 Å². The van der Waals surface area contributed by atoms with Crippen molar-refractivity contribution in [3.63, 3.8) is 0 Å². The number of anilines is 1. The molecule has 0 aliphatic rings. The Morgan fingerprint density at radius 3 is 2.65 bits per heavy atom. The van der Waals surface area contributed by atoms with Crippen LogP contribution in [0.15, 0.2) is 24.3 Å². The van der Waals surface area contributed by atoms with Crippen LogP contribution in [0, 0.1) is 10.1 Å². The molecular formula is C12H13N3O5. The van der Waals surface area contributed by atoms with Crippen molar-refractivity contribution >= 4 is 29.3 Å². The van der Waals surface area contributed by atoms with Crippen LogP contribution < -0.4 is 10.6 Å². The number of carboxylic acid groups (broad SMARTS) is 1. The second-order valence-electron chi connectivity index (χ2n) is 3.99. The van der Waals surface area contributed by atoms with E-state index in [0.29, 0.717) is 11.3 Å². The molecule has 1 aromatic rings. The average Bonchev–Trinajstić information content (AvgIpc) is 2.34. The van der Waals surface area contributed by atoms with Crippen LogP contribution in [-0.4, -0.2) is 35.5 Å². The summed E-state index contributed by atoms with van der Waals surface area (Å²) in [5.41, 5.74) is 5.68. The number of carboxylic acids is 1. The van der Waals surface area contributed by atoms with Crippen molar-refractivity contribution < 1.29 is 19.6 Å². The maximum absolute atomic E-state index is 10.9. The molecule has 3 N–H and O–H groups in total. The van der Waals surface area contributed by atoms with Crippen molar-refractivity contribution in [1.82, 2.24) is 0 Å². The summed E-state index contributed by atoms with van der Waals surface area (Å²) in [4.78, 5) is 33.1. The lowest BCUT2D eigenvalue weighted by atomic mass is 10.1. The minimum atomic E-state index is -1.18. The Bertz CT molecular complexity index is 582. The van der Waals surface area contributed by atoms with Gasteiger partial charge in [0.15, 0.2) is 0 Å². The monoisotopic (exact) mass is 279 g/mol. The number of amides is 1. The number of rotatable bonds is 6. The average molecular weight is 279 g/mol. The van der Waals surface area contributed by atoms with Gasteiger partial charge in [0.2, 0.25) is 5.91 Å². The van der Waals surface area contributed by atoms with Gasteiger partial charge in [-0.1, -0.05) is 0 Å². The lowest BCUT2D eigenvalue weighted by Crippen LogP contribution is -2.30. The van der Waals surface area contributed by atoms with Gasteiger partial charge in [0.25, 0.3) is 5.69 Å². The normalized spacial score (nSPS) is 10.4. The Kier molecular flexibility index (Phi) is 4.79. The molecule has 106 valence electrons. The first-order valence-corrected chi connectivity index (χ1v) is 5.50. The second-order valence-corrected chi connectivity index (χ2v) is 3.99. The van der Waals surface area contributed by atoms with Gasteiger partial charge in [-0.05, 0) is 12.1 Å². The summed E-state index contributed by atoms with van der Waals surface area (Å²) in [6, 6.07) is 3.93. The van der Waals surface area contributed by atoms with E-state index in [1.807, 2.05) is 0 Å². The van der Waals surface area contributed by atoms with Crippen molar-refractivity contribution in [2.45, 2.75) is 0 Å². The van der Waals surface area contributed by atoms with Crippen LogP contribution in [0.4, 0.5) is 11.4 Å². The van der Waals surface area contributed by atoms with Gasteiger partial charge in [0.1, 0.15) is 0 Å². The predicted octanol–water partition coefficient (Wildman–Crippen LogP) is 0.614. The number of nitrogens with zero attached hydrogens (tertiary/aromatic N) is 2. The van der Waals surface area contributed by atoms with E-state index in [2.05, 4.69) is 0 Å². The summed E-state index contributed by atoms with van der Waals surface area (Å²) in [5.74, 6) is -1.75. The molecule has 8 nitrogen and oxygen atoms in total. The Hall–Kier alpha value is -2.90. The summed E-state index contributed by atoms with van der Waals surface area (Å²) in [5, 5.41) is 19.3. The van der Waals surface area contributed by atoms with Gasteiger partial charge in [0.05, 0.1) is 11.5 Å². The number of aliphatic carboxylic acids is 1. The molecule has 0 aliphatic heterocycles. The first-order chi connectivity index (χ1) is 9.31. The number of hydrogen-bond acceptors (Lipinski definition) is 5. The van der Waals surface area contributed by atoms with E-state index in [9.17, 15) is 19.7 Å². The van der Waals surface area contributed by atoms with Crippen LogP contribution in [-0.2, 0) is 9.59 Å². The van der Waals surface area contributed by atoms with E-state index in [0.717, 1.165) is 6.08 Å². The summed E-state index contributed by atoms with van der Waals surface area (Å²) < 4.78 is 0. The minimum Gasteiger partial charge on any atom is -0.478 e. The van der Waals surface area contributed by atoms with Crippen molar-refractivity contribution in [1.29, 1.82) is 0 Å². The molecule has 0 radical (unpaired) electrons. The fraction of sp³-hybridized carbons (Fsp3) is 0.167. The summed E-state index contributed by atoms with van der Waals surface area (Å²) in [6.07, 6.45) is 2.09. The second kappa shape index (κ2) is 6.32. The van der Waals surface area contributed by atoms with E-state index in [1.165, 1.54) is 29.2 Å². The molecule has 0 unspecified atom stereocenters. The molecule has 0 bridgehead atoms. The van der Waals surface area contributed by atoms with Crippen LogP contribution in [0.3, 0.4) is 0 Å². The van der Waals surface area contributed by atoms with Crippen molar-refractivity contribution in [3.05, 3.63) is 40.0 Å². The molecule has 0 atom stereocenters. The number of primary amides is 1. The van der Waals surface area contributed by atoms with Crippen LogP contribution in [0.25, 0.3) is 6.08 Å². The standard InChI is InChI=1S/C12H13N3O5/c1-14(7-11(13)16)10-4-3-9(15(19)20)6-8(10)2-5-12(17)18/h2-6H,7H2,1H3,(H2,13,16)(H,17,18)/b5-2+. The van der Waals surface area contributed by atoms with Crippen molar-refractivity contribution in [2.75, 3.05) is 18.5 Å². The van der Waals surface area contributed by atoms with E-state index in [1.54, 1.807) is 7.05 Å². The molecule has 1 rings (SSSR count). The van der Waals surface area contributed by atoms with E-state index in [4.69, 9.17) is 10.8 Å². The smallest absolute Gasteiger partial charge is 0.328 e. The Labute approximate surface area is 114 Å². The fourth-order valence-corrected chi connectivity index (χ4v) is 1.62. The van der Waals surface area contributed by atoms with Crippen LogP contribution in [0.5, 0.6) is 0 Å². The number of carbonyl (C=O) groups is 2. The molecule has 1 amide bonds. The van der Waals surface area contributed by atoms with Gasteiger partial charge in [-0.3, -0.25) is 14.9 Å². The molecule has 0 saturated heterocycles. The highest BCUT2D eigenvalue weighted by molar-refractivity contribution is 5.88. The number of likely N-dealkylation sites (N-methyl/N-ethyl adjacent to an activating group) is 1. The molecule has 0 aromatic heterocycles. The lowest BCUT2D eigenvalue weighted by molar-refractivity contribution is -0.384. The van der Waals surface area contributed by atoms with Gasteiger partial charge in [-0.2, -0.15) is 0 Å². The molecule has 1 aromatic carbocycles. The largest absolute Gasteiger partial charge is 0.478 e. The Morgan fingerprint density at radius 2 is 2.15 bits per heavy atom. The number of nitro benzene ring substituents is 1. The van der Waals surface area contributed by atoms with E-state index in [-0.39, 0.29) is 12.2 Å². The SMILES string of the molecule is CN(CC(N)=O)c1ccc([N+](=O)[O-])cc1/C=C/C(=O)O.